The van der Waals surface area contributed by atoms with E-state index in [1.54, 1.807) is 13.2 Å². The molecule has 1 saturated heterocycles. The minimum atomic E-state index is -0.497. The number of rotatable bonds is 2. The molecule has 1 heterocycles. The van der Waals surface area contributed by atoms with Crippen LogP contribution in [0, 0.1) is 5.92 Å². The summed E-state index contributed by atoms with van der Waals surface area (Å²) in [7, 11) is 1.57. The lowest BCUT2D eigenvalue weighted by Crippen LogP contribution is -3.00. The van der Waals surface area contributed by atoms with Gasteiger partial charge in [0, 0.05) is 17.9 Å². The zero-order valence-electron chi connectivity index (χ0n) is 12.4. The lowest BCUT2D eigenvalue weighted by molar-refractivity contribution is -0.719. The van der Waals surface area contributed by atoms with Crippen LogP contribution in [0.2, 0.25) is 0 Å². The molecule has 1 aromatic rings. The van der Waals surface area contributed by atoms with Crippen molar-refractivity contribution in [1.29, 1.82) is 0 Å². The van der Waals surface area contributed by atoms with Crippen LogP contribution in [-0.4, -0.2) is 29.5 Å². The number of benzene rings is 1. The molecule has 3 rings (SSSR count). The average molecular weight is 314 g/mol. The van der Waals surface area contributed by atoms with Gasteiger partial charge in [0.1, 0.15) is 6.04 Å². The van der Waals surface area contributed by atoms with E-state index in [9.17, 15) is 10.2 Å². The van der Waals surface area contributed by atoms with E-state index >= 15 is 0 Å². The van der Waals surface area contributed by atoms with Crippen molar-refractivity contribution in [1.82, 2.24) is 0 Å². The van der Waals surface area contributed by atoms with E-state index in [2.05, 4.69) is 5.32 Å². The third-order valence-electron chi connectivity index (χ3n) is 5.09. The third-order valence-corrected chi connectivity index (χ3v) is 5.09. The number of hydrogen-bond acceptors (Lipinski definition) is 3. The predicted octanol–water partition coefficient (Wildman–Crippen LogP) is -1.67. The van der Waals surface area contributed by atoms with Crippen LogP contribution in [0.1, 0.15) is 43.7 Å². The predicted molar refractivity (Wildman–Crippen MR) is 75.7 cm³/mol. The first-order chi connectivity index (χ1) is 9.64. The van der Waals surface area contributed by atoms with Crippen LogP contribution in [-0.2, 0) is 0 Å². The Hall–Kier alpha value is -0.970. The summed E-state index contributed by atoms with van der Waals surface area (Å²) in [5.41, 5.74) is 0.646. The lowest BCUT2D eigenvalue weighted by Gasteiger charge is -2.46. The lowest BCUT2D eigenvalue weighted by atomic mass is 9.67. The van der Waals surface area contributed by atoms with Gasteiger partial charge in [-0.05, 0) is 31.0 Å². The number of phenols is 1. The van der Waals surface area contributed by atoms with Crippen LogP contribution in [0.25, 0.3) is 0 Å². The fourth-order valence-corrected chi connectivity index (χ4v) is 4.02. The van der Waals surface area contributed by atoms with Crippen molar-refractivity contribution >= 4 is 0 Å². The molecule has 1 aromatic carbocycles. The second kappa shape index (κ2) is 6.42. The van der Waals surface area contributed by atoms with Crippen LogP contribution in [0.5, 0.6) is 11.5 Å². The minimum Gasteiger partial charge on any atom is -1.00 e. The molecule has 0 spiro atoms. The second-order valence-electron chi connectivity index (χ2n) is 6.19. The molecule has 1 aliphatic carbocycles. The molecule has 3 atom stereocenters. The van der Waals surface area contributed by atoms with Gasteiger partial charge in [0.2, 0.25) is 0 Å². The van der Waals surface area contributed by atoms with Gasteiger partial charge in [0.05, 0.1) is 19.3 Å². The molecule has 5 heteroatoms. The number of aliphatic hydroxyl groups is 1. The summed E-state index contributed by atoms with van der Waals surface area (Å²) in [6.07, 6.45) is 5.24. The van der Waals surface area contributed by atoms with Crippen molar-refractivity contribution in [3.8, 4) is 11.5 Å². The molecule has 3 unspecified atom stereocenters. The molecule has 1 aliphatic heterocycles. The van der Waals surface area contributed by atoms with Crippen molar-refractivity contribution in [2.45, 2.75) is 43.7 Å². The van der Waals surface area contributed by atoms with Gasteiger partial charge in [-0.3, -0.25) is 0 Å². The Balaban J connectivity index is 0.00000161. The number of methoxy groups -OCH3 is 1. The van der Waals surface area contributed by atoms with E-state index in [1.807, 2.05) is 12.1 Å². The maximum Gasteiger partial charge on any atom is 0.160 e. The summed E-state index contributed by atoms with van der Waals surface area (Å²) in [6.45, 7) is 0.959. The van der Waals surface area contributed by atoms with Gasteiger partial charge in [-0.15, -0.1) is 0 Å². The Bertz CT molecular complexity index is 492. The number of quaternary nitrogens is 1. The van der Waals surface area contributed by atoms with Crippen molar-refractivity contribution < 1.29 is 32.7 Å². The maximum absolute atomic E-state index is 10.9. The van der Waals surface area contributed by atoms with Gasteiger partial charge in [0.25, 0.3) is 0 Å². The first-order valence-corrected chi connectivity index (χ1v) is 7.57. The largest absolute Gasteiger partial charge is 1.00 e. The highest BCUT2D eigenvalue weighted by Crippen LogP contribution is 2.44. The summed E-state index contributed by atoms with van der Waals surface area (Å²) in [5, 5.41) is 23.0. The van der Waals surface area contributed by atoms with Gasteiger partial charge < -0.3 is 32.7 Å². The standard InChI is InChI=1S/C16H23NO3.ClH/c1-20-14-10-11(5-6-13(14)18)15-12-4-2-3-7-16(12,19)8-9-17-15;/h5-6,10,12,15,17-19H,2-4,7-9H2,1H3;1H. The highest BCUT2D eigenvalue weighted by molar-refractivity contribution is 5.42. The van der Waals surface area contributed by atoms with Crippen molar-refractivity contribution in [3.05, 3.63) is 23.8 Å². The minimum absolute atomic E-state index is 0. The Labute approximate surface area is 131 Å². The summed E-state index contributed by atoms with van der Waals surface area (Å²) < 4.78 is 5.21. The van der Waals surface area contributed by atoms with Gasteiger partial charge in [-0.2, -0.15) is 0 Å². The molecule has 4 nitrogen and oxygen atoms in total. The van der Waals surface area contributed by atoms with Crippen molar-refractivity contribution in [2.75, 3.05) is 13.7 Å². The molecule has 0 aromatic heterocycles. The molecule has 4 N–H and O–H groups in total. The van der Waals surface area contributed by atoms with Crippen LogP contribution in [0.4, 0.5) is 0 Å². The van der Waals surface area contributed by atoms with E-state index in [0.717, 1.165) is 37.8 Å². The van der Waals surface area contributed by atoms with Gasteiger partial charge in [-0.1, -0.05) is 12.8 Å². The zero-order chi connectivity index (χ0) is 14.2. The Morgan fingerprint density at radius 3 is 2.86 bits per heavy atom. The number of nitrogens with two attached hydrogens (primary N) is 1. The van der Waals surface area contributed by atoms with Gasteiger partial charge >= 0.3 is 0 Å². The fraction of sp³-hybridized carbons (Fsp3) is 0.625. The van der Waals surface area contributed by atoms with E-state index in [4.69, 9.17) is 4.74 Å². The van der Waals surface area contributed by atoms with Crippen LogP contribution in [0.15, 0.2) is 18.2 Å². The van der Waals surface area contributed by atoms with Gasteiger partial charge in [-0.25, -0.2) is 0 Å². The molecular weight excluding hydrogens is 290 g/mol. The maximum atomic E-state index is 10.9. The first-order valence-electron chi connectivity index (χ1n) is 7.57. The van der Waals surface area contributed by atoms with Crippen LogP contribution >= 0.6 is 0 Å². The number of aromatic hydroxyl groups is 1. The molecule has 2 fully saturated rings. The topological polar surface area (TPSA) is 66.3 Å². The Morgan fingerprint density at radius 2 is 2.10 bits per heavy atom. The van der Waals surface area contributed by atoms with E-state index < -0.39 is 5.60 Å². The highest BCUT2D eigenvalue weighted by atomic mass is 35.5. The number of hydrogen-bond donors (Lipinski definition) is 3. The SMILES string of the molecule is COc1cc(C2[NH2+]CCC3(O)CCCCC23)ccc1O.[Cl-]. The quantitative estimate of drug-likeness (QED) is 0.612. The molecule has 1 saturated carbocycles. The van der Waals surface area contributed by atoms with Gasteiger partial charge in [0.15, 0.2) is 11.5 Å². The summed E-state index contributed by atoms with van der Waals surface area (Å²) in [4.78, 5) is 0. The molecular formula is C16H24ClNO3. The van der Waals surface area contributed by atoms with Crippen molar-refractivity contribution in [3.63, 3.8) is 0 Å². The van der Waals surface area contributed by atoms with Crippen LogP contribution in [0.3, 0.4) is 0 Å². The average Bonchev–Trinajstić information content (AvgIpc) is 2.46. The molecule has 2 aliphatic rings. The Morgan fingerprint density at radius 1 is 1.29 bits per heavy atom. The molecule has 21 heavy (non-hydrogen) atoms. The fourth-order valence-electron chi connectivity index (χ4n) is 4.02. The third kappa shape index (κ3) is 2.98. The molecule has 0 amide bonds. The molecule has 0 radical (unpaired) electrons. The molecule has 0 bridgehead atoms. The number of halogens is 1. The monoisotopic (exact) mass is 313 g/mol. The number of piperidine rings is 1. The number of phenolic OH excluding ortho intramolecular Hbond substituents is 1. The van der Waals surface area contributed by atoms with E-state index in [1.165, 1.54) is 6.42 Å². The van der Waals surface area contributed by atoms with Crippen LogP contribution < -0.4 is 22.5 Å². The smallest absolute Gasteiger partial charge is 0.160 e. The second-order valence-corrected chi connectivity index (χ2v) is 6.19. The Kier molecular flexibility index (Phi) is 5.02. The van der Waals surface area contributed by atoms with Crippen molar-refractivity contribution in [2.24, 2.45) is 5.92 Å². The van der Waals surface area contributed by atoms with E-state index in [0.29, 0.717) is 11.7 Å². The highest BCUT2D eigenvalue weighted by Gasteiger charge is 2.48. The number of ether oxygens (including phenoxy) is 1. The summed E-state index contributed by atoms with van der Waals surface area (Å²) in [6, 6.07) is 5.83. The van der Waals surface area contributed by atoms with E-state index in [-0.39, 0.29) is 24.2 Å². The number of fused-ring (bicyclic) bond motifs is 1. The summed E-state index contributed by atoms with van der Waals surface area (Å²) in [5.74, 6) is 0.992. The molecule has 118 valence electrons. The normalized spacial score (nSPS) is 31.9. The zero-order valence-corrected chi connectivity index (χ0v) is 13.1. The first kappa shape index (κ1) is 16.4. The summed E-state index contributed by atoms with van der Waals surface area (Å²) >= 11 is 0.